The predicted molar refractivity (Wildman–Crippen MR) is 85.8 cm³/mol. The minimum Gasteiger partial charge on any atom is -0.444 e. The van der Waals surface area contributed by atoms with Gasteiger partial charge in [-0.05, 0) is 45.7 Å². The summed E-state index contributed by atoms with van der Waals surface area (Å²) < 4.78 is 5.24. The van der Waals surface area contributed by atoms with Crippen molar-refractivity contribution in [1.29, 1.82) is 5.41 Å². The Kier molecular flexibility index (Phi) is 4.80. The van der Waals surface area contributed by atoms with Crippen LogP contribution >= 0.6 is 0 Å². The van der Waals surface area contributed by atoms with Crippen molar-refractivity contribution in [1.82, 2.24) is 10.3 Å². The molecule has 0 spiro atoms. The van der Waals surface area contributed by atoms with Gasteiger partial charge in [-0.3, -0.25) is 10.3 Å². The lowest BCUT2D eigenvalue weighted by Gasteiger charge is -2.21. The molecule has 0 radical (unpaired) electrons. The number of amides is 1. The summed E-state index contributed by atoms with van der Waals surface area (Å²) in [4.78, 5) is 16.0. The molecule has 0 bridgehead atoms. The Bertz CT molecular complexity index is 572. The minimum atomic E-state index is -0.576. The molecule has 0 saturated heterocycles. The first-order valence-corrected chi connectivity index (χ1v) is 7.31. The Balaban J connectivity index is 2.16. The number of anilines is 1. The molecule has 1 aromatic heterocycles. The van der Waals surface area contributed by atoms with Crippen molar-refractivity contribution < 1.29 is 9.53 Å². The largest absolute Gasteiger partial charge is 0.444 e. The Hall–Kier alpha value is -2.37. The van der Waals surface area contributed by atoms with Crippen LogP contribution in [0.15, 0.2) is 35.9 Å². The molecule has 0 aliphatic heterocycles. The average molecular weight is 302 g/mol. The van der Waals surface area contributed by atoms with Crippen molar-refractivity contribution in [2.45, 2.75) is 39.2 Å². The molecule has 0 atom stereocenters. The molecule has 1 aromatic rings. The number of alkyl carbamates (subject to hydrolysis) is 1. The van der Waals surface area contributed by atoms with E-state index in [0.29, 0.717) is 11.6 Å². The highest BCUT2D eigenvalue weighted by molar-refractivity contribution is 5.85. The summed E-state index contributed by atoms with van der Waals surface area (Å²) in [6, 6.07) is 3.72. The minimum absolute atomic E-state index is 0.326. The van der Waals surface area contributed by atoms with Gasteiger partial charge in [0.15, 0.2) is 0 Å². The smallest absolute Gasteiger partial charge is 0.412 e. The maximum atomic E-state index is 11.9. The zero-order valence-electron chi connectivity index (χ0n) is 13.1. The zero-order chi connectivity index (χ0) is 16.2. The number of nitrogens with one attached hydrogen (secondary N) is 3. The molecule has 1 aliphatic rings. The fourth-order valence-electron chi connectivity index (χ4n) is 1.95. The van der Waals surface area contributed by atoms with Gasteiger partial charge in [0.05, 0.1) is 17.6 Å². The molecule has 6 nitrogen and oxygen atoms in total. The lowest BCUT2D eigenvalue weighted by molar-refractivity contribution is 0.0548. The van der Waals surface area contributed by atoms with Crippen LogP contribution in [0, 0.1) is 11.3 Å². The molecular formula is C16H22N4O2. The molecule has 0 aromatic carbocycles. The molecule has 1 heterocycles. The number of pyridine rings is 1. The molecule has 6 heteroatoms. The van der Waals surface area contributed by atoms with Gasteiger partial charge in [-0.15, -0.1) is 0 Å². The second kappa shape index (κ2) is 6.60. The summed E-state index contributed by atoms with van der Waals surface area (Å²) in [6.07, 6.45) is 6.06. The predicted octanol–water partition coefficient (Wildman–Crippen LogP) is 3.29. The van der Waals surface area contributed by atoms with Crippen molar-refractivity contribution in [2.24, 2.45) is 5.92 Å². The number of hydrogen-bond donors (Lipinski definition) is 3. The van der Waals surface area contributed by atoms with Gasteiger partial charge >= 0.3 is 6.09 Å². The van der Waals surface area contributed by atoms with E-state index in [2.05, 4.69) is 15.6 Å². The van der Waals surface area contributed by atoms with Crippen molar-refractivity contribution in [3.05, 3.63) is 35.9 Å². The first kappa shape index (κ1) is 16.0. The molecular weight excluding hydrogens is 280 g/mol. The van der Waals surface area contributed by atoms with Crippen molar-refractivity contribution in [3.8, 4) is 0 Å². The van der Waals surface area contributed by atoms with Crippen LogP contribution in [0.4, 0.5) is 10.5 Å². The molecule has 22 heavy (non-hydrogen) atoms. The van der Waals surface area contributed by atoms with E-state index in [0.717, 1.165) is 30.4 Å². The Labute approximate surface area is 130 Å². The summed E-state index contributed by atoms with van der Waals surface area (Å²) in [5.74, 6) is 0.326. The Morgan fingerprint density at radius 1 is 1.45 bits per heavy atom. The Morgan fingerprint density at radius 3 is 2.68 bits per heavy atom. The standard InChI is InChI=1S/C16H22N4O2/c1-16(2,3)22-15(21)20-13(9-17)14(11-6-7-11)19-12-5-4-8-18-10-12/h4-5,8-11,17,19H,6-7H2,1-3H3,(H,20,21)/b14-13+,17-9?. The van der Waals surface area contributed by atoms with Gasteiger partial charge in [0.25, 0.3) is 0 Å². The number of rotatable bonds is 5. The highest BCUT2D eigenvalue weighted by atomic mass is 16.6. The molecule has 0 unspecified atom stereocenters. The van der Waals surface area contributed by atoms with E-state index >= 15 is 0 Å². The summed E-state index contributed by atoms with van der Waals surface area (Å²) in [6.45, 7) is 5.40. The lowest BCUT2D eigenvalue weighted by atomic mass is 10.2. The van der Waals surface area contributed by atoms with Crippen LogP contribution in [0.25, 0.3) is 0 Å². The third kappa shape index (κ3) is 4.87. The van der Waals surface area contributed by atoms with Gasteiger partial charge in [-0.2, -0.15) is 0 Å². The summed E-state index contributed by atoms with van der Waals surface area (Å²) in [5, 5.41) is 13.5. The average Bonchev–Trinajstić information content (AvgIpc) is 3.26. The van der Waals surface area contributed by atoms with Crippen LogP contribution in [0.3, 0.4) is 0 Å². The van der Waals surface area contributed by atoms with Gasteiger partial charge in [-0.1, -0.05) is 0 Å². The third-order valence-corrected chi connectivity index (χ3v) is 3.00. The lowest BCUT2D eigenvalue weighted by Crippen LogP contribution is -2.33. The molecule has 2 rings (SSSR count). The topological polar surface area (TPSA) is 87.1 Å². The quantitative estimate of drug-likeness (QED) is 0.728. The molecule has 118 valence electrons. The second-order valence-electron chi connectivity index (χ2n) is 6.24. The monoisotopic (exact) mass is 302 g/mol. The number of aromatic nitrogens is 1. The number of ether oxygens (including phenoxy) is 1. The van der Waals surface area contributed by atoms with Crippen LogP contribution < -0.4 is 10.6 Å². The van der Waals surface area contributed by atoms with E-state index in [-0.39, 0.29) is 0 Å². The second-order valence-corrected chi connectivity index (χ2v) is 6.24. The number of allylic oxidation sites excluding steroid dienone is 2. The van der Waals surface area contributed by atoms with E-state index in [1.807, 2.05) is 12.1 Å². The fraction of sp³-hybridized carbons (Fsp3) is 0.438. The van der Waals surface area contributed by atoms with Crippen LogP contribution in [-0.4, -0.2) is 22.9 Å². The molecule has 1 aliphatic carbocycles. The molecule has 1 saturated carbocycles. The van der Waals surface area contributed by atoms with Gasteiger partial charge in [-0.25, -0.2) is 4.79 Å². The highest BCUT2D eigenvalue weighted by Crippen LogP contribution is 2.37. The van der Waals surface area contributed by atoms with E-state index in [1.165, 1.54) is 0 Å². The maximum absolute atomic E-state index is 11.9. The number of nitrogens with zero attached hydrogens (tertiary/aromatic N) is 1. The van der Waals surface area contributed by atoms with E-state index in [9.17, 15) is 4.79 Å². The van der Waals surface area contributed by atoms with Crippen molar-refractivity contribution in [3.63, 3.8) is 0 Å². The zero-order valence-corrected chi connectivity index (χ0v) is 13.1. The van der Waals surface area contributed by atoms with E-state index in [1.54, 1.807) is 33.2 Å². The molecule has 1 fully saturated rings. The number of carbonyl (C=O) groups is 1. The van der Waals surface area contributed by atoms with Crippen LogP contribution in [0.1, 0.15) is 33.6 Å². The van der Waals surface area contributed by atoms with Crippen LogP contribution in [0.2, 0.25) is 0 Å². The highest BCUT2D eigenvalue weighted by Gasteiger charge is 2.29. The third-order valence-electron chi connectivity index (χ3n) is 3.00. The molecule has 3 N–H and O–H groups in total. The van der Waals surface area contributed by atoms with Crippen LogP contribution in [0.5, 0.6) is 0 Å². The maximum Gasteiger partial charge on any atom is 0.412 e. The van der Waals surface area contributed by atoms with Gasteiger partial charge < -0.3 is 15.5 Å². The van der Waals surface area contributed by atoms with Crippen molar-refractivity contribution in [2.75, 3.05) is 5.32 Å². The first-order chi connectivity index (χ1) is 10.4. The summed E-state index contributed by atoms with van der Waals surface area (Å²) in [5.41, 5.74) is 1.51. The summed E-state index contributed by atoms with van der Waals surface area (Å²) >= 11 is 0. The normalized spacial score (nSPS) is 15.6. The Morgan fingerprint density at radius 2 is 2.18 bits per heavy atom. The number of hydrogen-bond acceptors (Lipinski definition) is 5. The van der Waals surface area contributed by atoms with Crippen molar-refractivity contribution >= 4 is 18.0 Å². The summed E-state index contributed by atoms with van der Waals surface area (Å²) in [7, 11) is 0. The first-order valence-electron chi connectivity index (χ1n) is 7.31. The SMILES string of the molecule is CC(C)(C)OC(=O)N/C(C=N)=C(/Nc1cccnc1)C1CC1. The number of carbonyl (C=O) groups excluding carboxylic acids is 1. The van der Waals surface area contributed by atoms with Gasteiger partial charge in [0, 0.05) is 24.0 Å². The van der Waals surface area contributed by atoms with Gasteiger partial charge in [0.1, 0.15) is 5.60 Å². The van der Waals surface area contributed by atoms with E-state index < -0.39 is 11.7 Å². The fourth-order valence-corrected chi connectivity index (χ4v) is 1.95. The van der Waals surface area contributed by atoms with E-state index in [4.69, 9.17) is 10.1 Å². The van der Waals surface area contributed by atoms with Gasteiger partial charge in [0.2, 0.25) is 0 Å². The molecule has 1 amide bonds. The van der Waals surface area contributed by atoms with Crippen LogP contribution in [-0.2, 0) is 4.74 Å².